The Bertz CT molecular complexity index is 266. The van der Waals surface area contributed by atoms with Crippen molar-refractivity contribution in [2.24, 2.45) is 0 Å². The molecule has 1 heterocycles. The Hall–Kier alpha value is -0.840. The lowest BCUT2D eigenvalue weighted by Crippen LogP contribution is -1.97. The van der Waals surface area contributed by atoms with E-state index in [1.165, 1.54) is 0 Å². The van der Waals surface area contributed by atoms with Crippen molar-refractivity contribution in [2.45, 2.75) is 6.43 Å². The smallest absolute Gasteiger partial charge is 0.223 e. The number of nitrogens with zero attached hydrogens (tertiary/aromatic N) is 2. The molecule has 0 N–H and O–H groups in total. The molecule has 0 atom stereocenters. The number of hydrogen-bond donors (Lipinski definition) is 0. The maximum Gasteiger partial charge on any atom is 0.283 e. The van der Waals surface area contributed by atoms with Crippen LogP contribution in [0.2, 0.25) is 5.28 Å². The maximum absolute atomic E-state index is 12.4. The van der Waals surface area contributed by atoms with Gasteiger partial charge in [-0.3, -0.25) is 0 Å². The molecular weight excluding hydrogens is 181 g/mol. The molecule has 0 fully saturated rings. The van der Waals surface area contributed by atoms with Crippen LogP contribution >= 0.6 is 11.6 Å². The first-order chi connectivity index (χ1) is 5.11. The van der Waals surface area contributed by atoms with Crippen LogP contribution in [0.1, 0.15) is 12.1 Å². The summed E-state index contributed by atoms with van der Waals surface area (Å²) in [5.41, 5.74) is -0.968. The van der Waals surface area contributed by atoms with Crippen LogP contribution in [0.3, 0.4) is 0 Å². The van der Waals surface area contributed by atoms with E-state index in [-0.39, 0.29) is 5.28 Å². The van der Waals surface area contributed by atoms with Crippen LogP contribution in [0.5, 0.6) is 0 Å². The van der Waals surface area contributed by atoms with E-state index in [0.717, 1.165) is 0 Å². The SMILES string of the molecule is Fc1cnc(Cl)nc1C(F)F. The van der Waals surface area contributed by atoms with Gasteiger partial charge in [0.25, 0.3) is 6.43 Å². The molecule has 0 radical (unpaired) electrons. The molecule has 0 aliphatic carbocycles. The Morgan fingerprint density at radius 3 is 2.55 bits per heavy atom. The zero-order chi connectivity index (χ0) is 8.43. The Morgan fingerprint density at radius 1 is 1.45 bits per heavy atom. The quantitative estimate of drug-likeness (QED) is 0.623. The first-order valence-electron chi connectivity index (χ1n) is 2.57. The Balaban J connectivity index is 3.13. The molecule has 0 spiro atoms. The zero-order valence-electron chi connectivity index (χ0n) is 5.06. The van der Waals surface area contributed by atoms with Gasteiger partial charge < -0.3 is 0 Å². The number of hydrogen-bond acceptors (Lipinski definition) is 2. The molecule has 6 heteroatoms. The molecule has 1 rings (SSSR count). The van der Waals surface area contributed by atoms with E-state index in [2.05, 4.69) is 9.97 Å². The molecule has 0 unspecified atom stereocenters. The highest BCUT2D eigenvalue weighted by molar-refractivity contribution is 6.28. The lowest BCUT2D eigenvalue weighted by molar-refractivity contribution is 0.140. The molecule has 1 aromatic rings. The second-order valence-electron chi connectivity index (χ2n) is 1.67. The van der Waals surface area contributed by atoms with Gasteiger partial charge >= 0.3 is 0 Å². The van der Waals surface area contributed by atoms with Crippen LogP contribution in [-0.4, -0.2) is 9.97 Å². The normalized spacial score (nSPS) is 10.6. The number of alkyl halides is 2. The third-order valence-corrected chi connectivity index (χ3v) is 1.13. The fraction of sp³-hybridized carbons (Fsp3) is 0.200. The van der Waals surface area contributed by atoms with Crippen LogP contribution in [0.4, 0.5) is 13.2 Å². The average molecular weight is 183 g/mol. The van der Waals surface area contributed by atoms with E-state index in [4.69, 9.17) is 11.6 Å². The Labute approximate surface area is 65.0 Å². The first-order valence-corrected chi connectivity index (χ1v) is 2.95. The van der Waals surface area contributed by atoms with Crippen molar-refractivity contribution < 1.29 is 13.2 Å². The largest absolute Gasteiger partial charge is 0.283 e. The summed E-state index contributed by atoms with van der Waals surface area (Å²) in [4.78, 5) is 6.17. The molecule has 0 saturated heterocycles. The van der Waals surface area contributed by atoms with Crippen LogP contribution in [0.15, 0.2) is 6.20 Å². The van der Waals surface area contributed by atoms with Crippen molar-refractivity contribution in [3.05, 3.63) is 23.0 Å². The Morgan fingerprint density at radius 2 is 2.09 bits per heavy atom. The van der Waals surface area contributed by atoms with Gasteiger partial charge in [0.15, 0.2) is 5.82 Å². The molecule has 11 heavy (non-hydrogen) atoms. The highest BCUT2D eigenvalue weighted by Gasteiger charge is 2.15. The van der Waals surface area contributed by atoms with Crippen molar-refractivity contribution in [1.29, 1.82) is 0 Å². The zero-order valence-corrected chi connectivity index (χ0v) is 5.82. The number of aromatic nitrogens is 2. The molecule has 0 saturated carbocycles. The fourth-order valence-corrected chi connectivity index (χ4v) is 0.651. The minimum absolute atomic E-state index is 0.387. The predicted octanol–water partition coefficient (Wildman–Crippen LogP) is 2.21. The molecule has 0 aliphatic rings. The van der Waals surface area contributed by atoms with Gasteiger partial charge in [0, 0.05) is 0 Å². The first kappa shape index (κ1) is 8.26. The van der Waals surface area contributed by atoms with E-state index in [9.17, 15) is 13.2 Å². The van der Waals surface area contributed by atoms with Gasteiger partial charge in [0.2, 0.25) is 5.28 Å². The summed E-state index contributed by atoms with van der Waals surface area (Å²) in [6.07, 6.45) is -2.35. The average Bonchev–Trinajstić information content (AvgIpc) is 1.94. The molecule has 0 aromatic carbocycles. The van der Waals surface area contributed by atoms with Gasteiger partial charge in [-0.25, -0.2) is 23.1 Å². The fourth-order valence-electron chi connectivity index (χ4n) is 0.511. The van der Waals surface area contributed by atoms with Gasteiger partial charge in [-0.2, -0.15) is 0 Å². The minimum Gasteiger partial charge on any atom is -0.223 e. The summed E-state index contributed by atoms with van der Waals surface area (Å²) >= 11 is 5.14. The molecule has 0 bridgehead atoms. The van der Waals surface area contributed by atoms with Gasteiger partial charge in [-0.05, 0) is 11.6 Å². The van der Waals surface area contributed by atoms with E-state index < -0.39 is 17.9 Å². The third kappa shape index (κ3) is 1.80. The second-order valence-corrected chi connectivity index (χ2v) is 2.01. The van der Waals surface area contributed by atoms with Crippen molar-refractivity contribution in [3.8, 4) is 0 Å². The third-order valence-electron chi connectivity index (χ3n) is 0.949. The van der Waals surface area contributed by atoms with Gasteiger partial charge in [0.1, 0.15) is 5.69 Å². The van der Waals surface area contributed by atoms with Crippen LogP contribution in [0.25, 0.3) is 0 Å². The molecule has 60 valence electrons. The van der Waals surface area contributed by atoms with E-state index in [0.29, 0.717) is 6.20 Å². The van der Waals surface area contributed by atoms with Crippen LogP contribution in [-0.2, 0) is 0 Å². The minimum atomic E-state index is -2.96. The summed E-state index contributed by atoms with van der Waals surface area (Å²) in [5.74, 6) is -1.15. The highest BCUT2D eigenvalue weighted by Crippen LogP contribution is 2.19. The lowest BCUT2D eigenvalue weighted by atomic mass is 10.4. The molecule has 2 nitrogen and oxygen atoms in total. The standard InChI is InChI=1S/C5H2ClF3N2/c6-5-10-1-2(7)3(11-5)4(8)9/h1,4H. The van der Waals surface area contributed by atoms with Gasteiger partial charge in [-0.1, -0.05) is 0 Å². The summed E-state index contributed by atoms with van der Waals surface area (Å²) in [7, 11) is 0. The lowest BCUT2D eigenvalue weighted by Gasteiger charge is -1.98. The summed E-state index contributed by atoms with van der Waals surface area (Å²) in [6.45, 7) is 0. The summed E-state index contributed by atoms with van der Waals surface area (Å²) in [5, 5.41) is -0.387. The molecular formula is C5H2ClF3N2. The van der Waals surface area contributed by atoms with E-state index in [1.54, 1.807) is 0 Å². The summed E-state index contributed by atoms with van der Waals surface area (Å²) < 4.78 is 36.0. The van der Waals surface area contributed by atoms with Crippen molar-refractivity contribution in [3.63, 3.8) is 0 Å². The molecule has 0 aliphatic heterocycles. The number of rotatable bonds is 1. The van der Waals surface area contributed by atoms with E-state index >= 15 is 0 Å². The maximum atomic E-state index is 12.4. The summed E-state index contributed by atoms with van der Waals surface area (Å²) in [6, 6.07) is 0. The second kappa shape index (κ2) is 3.04. The molecule has 0 amide bonds. The van der Waals surface area contributed by atoms with Crippen molar-refractivity contribution in [2.75, 3.05) is 0 Å². The van der Waals surface area contributed by atoms with Crippen LogP contribution < -0.4 is 0 Å². The monoisotopic (exact) mass is 182 g/mol. The van der Waals surface area contributed by atoms with Gasteiger partial charge in [0.05, 0.1) is 6.20 Å². The van der Waals surface area contributed by atoms with Crippen LogP contribution in [0, 0.1) is 5.82 Å². The Kier molecular flexibility index (Phi) is 2.28. The highest BCUT2D eigenvalue weighted by atomic mass is 35.5. The van der Waals surface area contributed by atoms with E-state index in [1.807, 2.05) is 0 Å². The van der Waals surface area contributed by atoms with Crippen molar-refractivity contribution in [1.82, 2.24) is 9.97 Å². The van der Waals surface area contributed by atoms with Gasteiger partial charge in [-0.15, -0.1) is 0 Å². The topological polar surface area (TPSA) is 25.8 Å². The number of halogens is 4. The molecule has 1 aromatic heterocycles. The van der Waals surface area contributed by atoms with Crippen molar-refractivity contribution >= 4 is 11.6 Å². The predicted molar refractivity (Wildman–Crippen MR) is 32.0 cm³/mol.